The molecule has 1 aliphatic rings. The molecule has 0 amide bonds. The van der Waals surface area contributed by atoms with Crippen LogP contribution in [-0.2, 0) is 9.47 Å². The van der Waals surface area contributed by atoms with Crippen molar-refractivity contribution >= 4 is 15.9 Å². The van der Waals surface area contributed by atoms with Gasteiger partial charge in [0.2, 0.25) is 0 Å². The fourth-order valence-electron chi connectivity index (χ4n) is 1.25. The second kappa shape index (κ2) is 4.55. The topological polar surface area (TPSA) is 38.7 Å². The van der Waals surface area contributed by atoms with Crippen molar-refractivity contribution in [3.05, 3.63) is 11.1 Å². The highest BCUT2D eigenvalue weighted by molar-refractivity contribution is 9.11. The Balaban J connectivity index is 2.37. The first-order chi connectivity index (χ1) is 6.05. The molecule has 1 aliphatic heterocycles. The maximum absolute atomic E-state index is 9.64. The van der Waals surface area contributed by atoms with Gasteiger partial charge in [0.15, 0.2) is 5.79 Å². The van der Waals surface area contributed by atoms with E-state index in [1.54, 1.807) is 4.99 Å². The average Bonchev–Trinajstić information content (AvgIpc) is 2.42. The van der Waals surface area contributed by atoms with Crippen molar-refractivity contribution in [2.24, 2.45) is 0 Å². The first kappa shape index (κ1) is 11.2. The predicted octanol–water partition coefficient (Wildman–Crippen LogP) is 1.80. The highest BCUT2D eigenvalue weighted by Crippen LogP contribution is 2.25. The summed E-state index contributed by atoms with van der Waals surface area (Å²) in [6, 6.07) is 0. The van der Waals surface area contributed by atoms with Crippen LogP contribution in [0.3, 0.4) is 0 Å². The molecule has 0 bridgehead atoms. The van der Waals surface area contributed by atoms with E-state index in [-0.39, 0.29) is 6.10 Å². The molecular formula is C9H15BrO3. The van der Waals surface area contributed by atoms with Crippen molar-refractivity contribution in [2.75, 3.05) is 6.61 Å². The molecule has 0 aliphatic carbocycles. The smallest absolute Gasteiger partial charge is 0.163 e. The van der Waals surface area contributed by atoms with Gasteiger partial charge in [-0.25, -0.2) is 0 Å². The molecule has 3 nitrogen and oxygen atoms in total. The van der Waals surface area contributed by atoms with Crippen LogP contribution >= 0.6 is 15.9 Å². The van der Waals surface area contributed by atoms with Crippen molar-refractivity contribution in [3.63, 3.8) is 0 Å². The Morgan fingerprint density at radius 1 is 1.69 bits per heavy atom. The van der Waals surface area contributed by atoms with E-state index in [0.717, 1.165) is 0 Å². The summed E-state index contributed by atoms with van der Waals surface area (Å²) >= 11 is 3.15. The number of hydrogen-bond acceptors (Lipinski definition) is 3. The molecule has 0 radical (unpaired) electrons. The van der Waals surface area contributed by atoms with Gasteiger partial charge in [0.05, 0.1) is 12.7 Å². The van der Waals surface area contributed by atoms with Gasteiger partial charge < -0.3 is 14.6 Å². The van der Waals surface area contributed by atoms with Gasteiger partial charge in [0.1, 0.15) is 6.10 Å². The quantitative estimate of drug-likeness (QED) is 0.831. The second-order valence-electron chi connectivity index (χ2n) is 3.53. The SMILES string of the molecule is CC1(C)OC[C@H](C(O)C/C=C\Br)O1. The molecule has 1 N–H and O–H groups in total. The van der Waals surface area contributed by atoms with Crippen LogP contribution in [0.1, 0.15) is 20.3 Å². The molecule has 13 heavy (non-hydrogen) atoms. The third-order valence-electron chi connectivity index (χ3n) is 1.93. The van der Waals surface area contributed by atoms with Crippen LogP contribution in [-0.4, -0.2) is 29.7 Å². The summed E-state index contributed by atoms with van der Waals surface area (Å²) in [5.41, 5.74) is 0. The molecule has 2 atom stereocenters. The largest absolute Gasteiger partial charge is 0.390 e. The van der Waals surface area contributed by atoms with Crippen LogP contribution in [0, 0.1) is 0 Å². The third-order valence-corrected chi connectivity index (χ3v) is 2.30. The van der Waals surface area contributed by atoms with Crippen molar-refractivity contribution in [1.29, 1.82) is 0 Å². The summed E-state index contributed by atoms with van der Waals surface area (Å²) in [6.07, 6.45) is 1.73. The Labute approximate surface area is 86.9 Å². The average molecular weight is 251 g/mol. The zero-order chi connectivity index (χ0) is 9.90. The first-order valence-electron chi connectivity index (χ1n) is 4.30. The number of ether oxygens (including phenoxy) is 2. The van der Waals surface area contributed by atoms with E-state index in [1.807, 2.05) is 19.9 Å². The molecule has 1 heterocycles. The maximum Gasteiger partial charge on any atom is 0.163 e. The van der Waals surface area contributed by atoms with Gasteiger partial charge >= 0.3 is 0 Å². The Hall–Kier alpha value is 0.1000. The summed E-state index contributed by atoms with van der Waals surface area (Å²) in [7, 11) is 0. The lowest BCUT2D eigenvalue weighted by atomic mass is 10.1. The second-order valence-corrected chi connectivity index (χ2v) is 4.06. The summed E-state index contributed by atoms with van der Waals surface area (Å²) in [6.45, 7) is 4.16. The molecule has 1 unspecified atom stereocenters. The minimum atomic E-state index is -0.552. The molecule has 0 spiro atoms. The van der Waals surface area contributed by atoms with Gasteiger partial charge in [0, 0.05) is 0 Å². The standard InChI is InChI=1S/C9H15BrO3/c1-9(2)12-6-8(13-9)7(11)4-3-5-10/h3,5,7-8,11H,4,6H2,1-2H3/b5-3-/t7?,8-/m1/s1. The summed E-state index contributed by atoms with van der Waals surface area (Å²) in [5, 5.41) is 9.64. The molecule has 1 rings (SSSR count). The minimum Gasteiger partial charge on any atom is -0.390 e. The molecule has 76 valence electrons. The van der Waals surface area contributed by atoms with E-state index in [1.165, 1.54) is 0 Å². The fraction of sp³-hybridized carbons (Fsp3) is 0.778. The zero-order valence-corrected chi connectivity index (χ0v) is 9.45. The van der Waals surface area contributed by atoms with Gasteiger partial charge in [0.25, 0.3) is 0 Å². The van der Waals surface area contributed by atoms with Crippen LogP contribution < -0.4 is 0 Å². The predicted molar refractivity (Wildman–Crippen MR) is 53.6 cm³/mol. The number of halogens is 1. The molecule has 0 saturated carbocycles. The van der Waals surface area contributed by atoms with Gasteiger partial charge in [-0.2, -0.15) is 0 Å². The molecule has 0 aromatic rings. The summed E-state index contributed by atoms with van der Waals surface area (Å²) in [5.74, 6) is -0.552. The van der Waals surface area contributed by atoms with E-state index in [2.05, 4.69) is 15.9 Å². The van der Waals surface area contributed by atoms with Crippen molar-refractivity contribution in [3.8, 4) is 0 Å². The highest BCUT2D eigenvalue weighted by atomic mass is 79.9. The lowest BCUT2D eigenvalue weighted by Gasteiger charge is -2.19. The molecular weight excluding hydrogens is 236 g/mol. The molecule has 1 fully saturated rings. The van der Waals surface area contributed by atoms with E-state index >= 15 is 0 Å². The molecule has 1 saturated heterocycles. The monoisotopic (exact) mass is 250 g/mol. The number of rotatable bonds is 3. The Kier molecular flexibility index (Phi) is 3.91. The first-order valence-corrected chi connectivity index (χ1v) is 5.22. The summed E-state index contributed by atoms with van der Waals surface area (Å²) in [4.78, 5) is 1.73. The molecule has 4 heteroatoms. The van der Waals surface area contributed by atoms with E-state index in [4.69, 9.17) is 9.47 Å². The van der Waals surface area contributed by atoms with Gasteiger partial charge in [-0.15, -0.1) is 0 Å². The maximum atomic E-state index is 9.64. The van der Waals surface area contributed by atoms with Crippen LogP contribution in [0.25, 0.3) is 0 Å². The molecule has 0 aromatic heterocycles. The number of aliphatic hydroxyl groups is 1. The lowest BCUT2D eigenvalue weighted by molar-refractivity contribution is -0.150. The van der Waals surface area contributed by atoms with Crippen LogP contribution in [0.15, 0.2) is 11.1 Å². The zero-order valence-electron chi connectivity index (χ0n) is 7.87. The van der Waals surface area contributed by atoms with Gasteiger partial charge in [-0.05, 0) is 25.3 Å². The van der Waals surface area contributed by atoms with Crippen molar-refractivity contribution in [2.45, 2.75) is 38.3 Å². The molecule has 0 aromatic carbocycles. The Morgan fingerprint density at radius 3 is 2.85 bits per heavy atom. The van der Waals surface area contributed by atoms with E-state index in [0.29, 0.717) is 13.0 Å². The van der Waals surface area contributed by atoms with Crippen molar-refractivity contribution < 1.29 is 14.6 Å². The summed E-state index contributed by atoms with van der Waals surface area (Å²) < 4.78 is 10.8. The minimum absolute atomic E-state index is 0.210. The Bertz CT molecular complexity index is 191. The number of aliphatic hydroxyl groups excluding tert-OH is 1. The number of hydrogen-bond donors (Lipinski definition) is 1. The van der Waals surface area contributed by atoms with Gasteiger partial charge in [-0.1, -0.05) is 22.0 Å². The van der Waals surface area contributed by atoms with E-state index < -0.39 is 11.9 Å². The van der Waals surface area contributed by atoms with Crippen LogP contribution in [0.2, 0.25) is 0 Å². The highest BCUT2D eigenvalue weighted by Gasteiger charge is 2.36. The van der Waals surface area contributed by atoms with Gasteiger partial charge in [-0.3, -0.25) is 0 Å². The van der Waals surface area contributed by atoms with Crippen molar-refractivity contribution in [1.82, 2.24) is 0 Å². The normalized spacial score (nSPS) is 29.7. The fourth-order valence-corrected chi connectivity index (χ4v) is 1.46. The van der Waals surface area contributed by atoms with Crippen LogP contribution in [0.5, 0.6) is 0 Å². The third kappa shape index (κ3) is 3.38. The Morgan fingerprint density at radius 2 is 2.38 bits per heavy atom. The lowest BCUT2D eigenvalue weighted by Crippen LogP contribution is -2.30. The van der Waals surface area contributed by atoms with Crippen LogP contribution in [0.4, 0.5) is 0 Å². The van der Waals surface area contributed by atoms with E-state index in [9.17, 15) is 5.11 Å².